The lowest BCUT2D eigenvalue weighted by Gasteiger charge is -2.13. The van der Waals surface area contributed by atoms with Crippen molar-refractivity contribution < 1.29 is 9.09 Å². The van der Waals surface area contributed by atoms with E-state index in [1.807, 2.05) is 0 Å². The summed E-state index contributed by atoms with van der Waals surface area (Å²) in [6.45, 7) is 3.28. The number of hydrogen-bond acceptors (Lipinski definition) is 5. The second kappa shape index (κ2) is 9.33. The summed E-state index contributed by atoms with van der Waals surface area (Å²) in [4.78, 5) is 3.92. The van der Waals surface area contributed by atoms with Crippen LogP contribution >= 0.6 is 27.9 Å². The van der Waals surface area contributed by atoms with E-state index in [-0.39, 0.29) is 0 Å². The molecule has 0 amide bonds. The van der Waals surface area contributed by atoms with Gasteiger partial charge < -0.3 is 4.52 Å². The zero-order valence-electron chi connectivity index (χ0n) is 9.01. The molecule has 0 radical (unpaired) electrons. The molecule has 4 nitrogen and oxygen atoms in total. The third-order valence-corrected chi connectivity index (χ3v) is 7.89. The van der Waals surface area contributed by atoms with Crippen molar-refractivity contribution >= 4 is 34.3 Å². The summed E-state index contributed by atoms with van der Waals surface area (Å²) in [6, 6.07) is 0. The maximum Gasteiger partial charge on any atom is 0.361 e. The number of nitrogens with one attached hydrogen (secondary N) is 1. The Morgan fingerprint density at radius 3 is 2.93 bits per heavy atom. The van der Waals surface area contributed by atoms with Gasteiger partial charge in [0.1, 0.15) is 0 Å². The molecule has 0 aromatic carbocycles. The van der Waals surface area contributed by atoms with E-state index in [1.54, 1.807) is 6.08 Å². The number of aliphatic imine (C=N–C) groups is 1. The average molecular weight is 268 g/mol. The highest BCUT2D eigenvalue weighted by Gasteiger charge is 2.20. The van der Waals surface area contributed by atoms with Gasteiger partial charge in [-0.3, -0.25) is 14.6 Å². The molecule has 0 heterocycles. The molecular formula is C8H17N2O2PS2. The molecule has 7 heteroatoms. The van der Waals surface area contributed by atoms with Crippen molar-refractivity contribution in [1.82, 2.24) is 5.09 Å². The van der Waals surface area contributed by atoms with E-state index in [2.05, 4.69) is 23.6 Å². The Balaban J connectivity index is 3.95. The summed E-state index contributed by atoms with van der Waals surface area (Å²) < 4.78 is 16.8. The van der Waals surface area contributed by atoms with Gasteiger partial charge in [0.15, 0.2) is 0 Å². The third-order valence-electron chi connectivity index (χ3n) is 1.22. The number of hydrogen-bond donors (Lipinski definition) is 1. The minimum atomic E-state index is -2.82. The standard InChI is InChI=1S/C8H17N2O2PS2/c1-4-6-9-8-10-13(11,12-3)15-14-7-5-2/h4,8H,1,5-7H2,2-3H3,(H,9,10,11). The van der Waals surface area contributed by atoms with Crippen LogP contribution in [-0.4, -0.2) is 25.7 Å². The summed E-state index contributed by atoms with van der Waals surface area (Å²) in [5, 5.41) is 2.68. The molecule has 0 fully saturated rings. The fourth-order valence-corrected chi connectivity index (χ4v) is 5.79. The van der Waals surface area contributed by atoms with Crippen LogP contribution in [0.25, 0.3) is 0 Å². The first kappa shape index (κ1) is 15.1. The topological polar surface area (TPSA) is 50.7 Å². The molecule has 1 unspecified atom stereocenters. The van der Waals surface area contributed by atoms with Crippen molar-refractivity contribution in [2.75, 3.05) is 19.4 Å². The Kier molecular flexibility index (Phi) is 9.40. The fourth-order valence-electron chi connectivity index (χ4n) is 0.533. The van der Waals surface area contributed by atoms with Crippen molar-refractivity contribution in [2.24, 2.45) is 4.99 Å². The van der Waals surface area contributed by atoms with Crippen LogP contribution in [0.4, 0.5) is 0 Å². The van der Waals surface area contributed by atoms with Crippen LogP contribution in [0.15, 0.2) is 17.6 Å². The van der Waals surface area contributed by atoms with Gasteiger partial charge in [0.25, 0.3) is 0 Å². The molecule has 88 valence electrons. The van der Waals surface area contributed by atoms with Gasteiger partial charge in [-0.15, -0.1) is 6.58 Å². The average Bonchev–Trinajstić information content (AvgIpc) is 2.25. The summed E-state index contributed by atoms with van der Waals surface area (Å²) in [5.41, 5.74) is 0. The second-order valence-corrected chi connectivity index (χ2v) is 8.84. The van der Waals surface area contributed by atoms with E-state index in [0.717, 1.165) is 12.2 Å². The van der Waals surface area contributed by atoms with Gasteiger partial charge in [-0.25, -0.2) is 0 Å². The molecule has 0 spiro atoms. The lowest BCUT2D eigenvalue weighted by atomic mass is 10.6. The Bertz CT molecular complexity index is 249. The minimum Gasteiger partial charge on any atom is -0.309 e. The van der Waals surface area contributed by atoms with Gasteiger partial charge in [-0.1, -0.05) is 23.8 Å². The van der Waals surface area contributed by atoms with Crippen molar-refractivity contribution in [1.29, 1.82) is 0 Å². The highest BCUT2D eigenvalue weighted by molar-refractivity contribution is 8.99. The molecule has 0 saturated heterocycles. The van der Waals surface area contributed by atoms with Crippen LogP contribution in [-0.2, 0) is 9.09 Å². The van der Waals surface area contributed by atoms with Crippen LogP contribution in [0.5, 0.6) is 0 Å². The molecule has 0 bridgehead atoms. The molecule has 15 heavy (non-hydrogen) atoms. The van der Waals surface area contributed by atoms with Gasteiger partial charge in [-0.05, 0) is 6.42 Å². The van der Waals surface area contributed by atoms with Crippen LogP contribution in [0.1, 0.15) is 13.3 Å². The SMILES string of the molecule is C=CCN=CNP(=O)(OC)SSCCC. The molecule has 0 saturated carbocycles. The highest BCUT2D eigenvalue weighted by atomic mass is 33.3. The predicted molar refractivity (Wildman–Crippen MR) is 71.6 cm³/mol. The smallest absolute Gasteiger partial charge is 0.309 e. The molecule has 0 aromatic heterocycles. The first-order valence-corrected chi connectivity index (χ1v) is 9.07. The number of rotatable bonds is 9. The summed E-state index contributed by atoms with van der Waals surface area (Å²) in [5.74, 6) is 0.948. The fraction of sp³-hybridized carbons (Fsp3) is 0.625. The van der Waals surface area contributed by atoms with Crippen LogP contribution in [0.3, 0.4) is 0 Å². The Morgan fingerprint density at radius 2 is 2.40 bits per heavy atom. The van der Waals surface area contributed by atoms with Crippen molar-refractivity contribution in [3.05, 3.63) is 12.7 Å². The van der Waals surface area contributed by atoms with Gasteiger partial charge in [0.2, 0.25) is 0 Å². The zero-order valence-corrected chi connectivity index (χ0v) is 11.5. The van der Waals surface area contributed by atoms with Gasteiger partial charge in [0, 0.05) is 23.3 Å². The van der Waals surface area contributed by atoms with Crippen molar-refractivity contribution in [3.63, 3.8) is 0 Å². The third kappa shape index (κ3) is 7.96. The van der Waals surface area contributed by atoms with Crippen molar-refractivity contribution in [2.45, 2.75) is 13.3 Å². The lowest BCUT2D eigenvalue weighted by Crippen LogP contribution is -2.06. The molecular weight excluding hydrogens is 251 g/mol. The Hall–Kier alpha value is 0.1000. The van der Waals surface area contributed by atoms with E-state index in [0.29, 0.717) is 6.54 Å². The van der Waals surface area contributed by atoms with Crippen molar-refractivity contribution in [3.8, 4) is 0 Å². The summed E-state index contributed by atoms with van der Waals surface area (Å²) in [6.07, 6.45) is 4.12. The molecule has 0 rings (SSSR count). The monoisotopic (exact) mass is 268 g/mol. The molecule has 0 aliphatic heterocycles. The maximum absolute atomic E-state index is 11.9. The maximum atomic E-state index is 11.9. The quantitative estimate of drug-likeness (QED) is 0.173. The van der Waals surface area contributed by atoms with Crippen LogP contribution in [0.2, 0.25) is 0 Å². The lowest BCUT2D eigenvalue weighted by molar-refractivity contribution is 0.406. The first-order chi connectivity index (χ1) is 7.18. The molecule has 0 aliphatic carbocycles. The molecule has 1 N–H and O–H groups in total. The van der Waals surface area contributed by atoms with Gasteiger partial charge in [0.05, 0.1) is 12.9 Å². The van der Waals surface area contributed by atoms with Gasteiger partial charge >= 0.3 is 6.72 Å². The highest BCUT2D eigenvalue weighted by Crippen LogP contribution is 2.60. The largest absolute Gasteiger partial charge is 0.361 e. The minimum absolute atomic E-state index is 0.503. The second-order valence-electron chi connectivity index (χ2n) is 2.49. The number of nitrogens with zero attached hydrogens (tertiary/aromatic N) is 1. The van der Waals surface area contributed by atoms with Crippen LogP contribution < -0.4 is 5.09 Å². The Labute approximate surface area is 99.0 Å². The van der Waals surface area contributed by atoms with E-state index >= 15 is 0 Å². The van der Waals surface area contributed by atoms with Gasteiger partial charge in [-0.2, -0.15) is 0 Å². The van der Waals surface area contributed by atoms with E-state index in [1.165, 1.54) is 34.7 Å². The van der Waals surface area contributed by atoms with E-state index in [4.69, 9.17) is 4.52 Å². The zero-order chi connectivity index (χ0) is 11.6. The Morgan fingerprint density at radius 1 is 1.67 bits per heavy atom. The molecule has 0 aromatic rings. The summed E-state index contributed by atoms with van der Waals surface area (Å²) in [7, 11) is 4.19. The van der Waals surface area contributed by atoms with E-state index in [9.17, 15) is 4.57 Å². The molecule has 1 atom stereocenters. The molecule has 0 aliphatic rings. The summed E-state index contributed by atoms with van der Waals surface area (Å²) >= 11 is 0. The van der Waals surface area contributed by atoms with Crippen LogP contribution in [0, 0.1) is 0 Å². The normalized spacial score (nSPS) is 15.1. The predicted octanol–water partition coefficient (Wildman–Crippen LogP) is 3.34. The van der Waals surface area contributed by atoms with E-state index < -0.39 is 6.72 Å². The first-order valence-electron chi connectivity index (χ1n) is 4.52.